The Morgan fingerprint density at radius 3 is 2.63 bits per heavy atom. The Hall–Kier alpha value is -2.34. The molecule has 1 aromatic heterocycles. The molecule has 2 aromatic rings. The van der Waals surface area contributed by atoms with Crippen molar-refractivity contribution in [2.24, 2.45) is 0 Å². The van der Waals surface area contributed by atoms with E-state index in [2.05, 4.69) is 10.3 Å². The quantitative estimate of drug-likeness (QED) is 0.875. The molecule has 4 rings (SSSR count). The summed E-state index contributed by atoms with van der Waals surface area (Å²) in [5.41, 5.74) is 2.81. The van der Waals surface area contributed by atoms with Gasteiger partial charge in [-0.15, -0.1) is 0 Å². The van der Waals surface area contributed by atoms with E-state index >= 15 is 0 Å². The van der Waals surface area contributed by atoms with Crippen molar-refractivity contribution < 1.29 is 9.59 Å². The highest BCUT2D eigenvalue weighted by molar-refractivity contribution is 6.31. The summed E-state index contributed by atoms with van der Waals surface area (Å²) in [6, 6.07) is 5.38. The number of hydrogen-bond donors (Lipinski definition) is 1. The van der Waals surface area contributed by atoms with Crippen molar-refractivity contribution in [3.63, 3.8) is 0 Å². The van der Waals surface area contributed by atoms with Crippen molar-refractivity contribution in [1.29, 1.82) is 0 Å². The molecule has 2 aliphatic heterocycles. The van der Waals surface area contributed by atoms with Gasteiger partial charge in [-0.3, -0.25) is 9.59 Å². The van der Waals surface area contributed by atoms with Crippen molar-refractivity contribution in [2.45, 2.75) is 45.6 Å². The highest BCUT2D eigenvalue weighted by Crippen LogP contribution is 2.25. The second-order valence-electron chi connectivity index (χ2n) is 7.25. The van der Waals surface area contributed by atoms with Gasteiger partial charge in [-0.2, -0.15) is 0 Å². The number of likely N-dealkylation sites (tertiary alicyclic amines) is 1. The number of carbonyl (C=O) groups excluding carboxylic acids is 2. The average Bonchev–Trinajstić information content (AvgIpc) is 3.32. The minimum atomic E-state index is -0.286. The Kier molecular flexibility index (Phi) is 4.91. The summed E-state index contributed by atoms with van der Waals surface area (Å²) < 4.78 is 1.95. The number of fused-ring (bicyclic) bond motifs is 1. The monoisotopic (exact) mass is 386 g/mol. The number of nitrogens with one attached hydrogen (secondary N) is 1. The number of amides is 2. The summed E-state index contributed by atoms with van der Waals surface area (Å²) in [6.45, 7) is 4.19. The number of rotatable bonds is 3. The fraction of sp³-hybridized carbons (Fsp3) is 0.450. The van der Waals surface area contributed by atoms with E-state index in [1.54, 1.807) is 12.1 Å². The molecule has 0 aliphatic carbocycles. The van der Waals surface area contributed by atoms with Crippen LogP contribution in [0, 0.1) is 6.92 Å². The Morgan fingerprint density at radius 1 is 1.11 bits per heavy atom. The first-order valence-corrected chi connectivity index (χ1v) is 9.88. The Balaban J connectivity index is 1.67. The van der Waals surface area contributed by atoms with Crippen LogP contribution in [0.2, 0.25) is 5.02 Å². The highest BCUT2D eigenvalue weighted by atomic mass is 35.5. The molecule has 27 heavy (non-hydrogen) atoms. The maximum Gasteiger partial charge on any atom is 0.289 e. The van der Waals surface area contributed by atoms with Gasteiger partial charge in [0.25, 0.3) is 11.8 Å². The summed E-state index contributed by atoms with van der Waals surface area (Å²) in [4.78, 5) is 32.2. The minimum Gasteiger partial charge on any atom is -0.336 e. The standard InChI is InChI=1S/C20H23ClN4O2/c1-13-7-8-14(21)12-15(13)22-19(26)17-16-6-2-3-11-25(16)18(23-17)20(27)24-9-4-5-10-24/h7-8,12H,2-6,9-11H2,1H3,(H,22,26). The summed E-state index contributed by atoms with van der Waals surface area (Å²) in [6.07, 6.45) is 4.82. The van der Waals surface area contributed by atoms with Crippen LogP contribution in [0.4, 0.5) is 5.69 Å². The SMILES string of the molecule is Cc1ccc(Cl)cc1NC(=O)c1nc(C(=O)N2CCCC2)n2c1CCCC2. The van der Waals surface area contributed by atoms with Crippen molar-refractivity contribution in [1.82, 2.24) is 14.5 Å². The Labute approximate surface area is 163 Å². The lowest BCUT2D eigenvalue weighted by molar-refractivity contribution is 0.0774. The second kappa shape index (κ2) is 7.35. The number of anilines is 1. The number of carbonyl (C=O) groups is 2. The first-order valence-electron chi connectivity index (χ1n) is 9.51. The van der Waals surface area contributed by atoms with E-state index in [1.807, 2.05) is 22.5 Å². The zero-order valence-corrected chi connectivity index (χ0v) is 16.2. The Bertz CT molecular complexity index is 900. The first-order chi connectivity index (χ1) is 13.0. The molecule has 142 valence electrons. The highest BCUT2D eigenvalue weighted by Gasteiger charge is 2.30. The molecule has 1 N–H and O–H groups in total. The summed E-state index contributed by atoms with van der Waals surface area (Å²) in [5, 5.41) is 3.48. The zero-order chi connectivity index (χ0) is 19.0. The zero-order valence-electron chi connectivity index (χ0n) is 15.4. The molecule has 0 spiro atoms. The number of imidazole rings is 1. The van der Waals surface area contributed by atoms with E-state index in [0.29, 0.717) is 22.2 Å². The second-order valence-corrected chi connectivity index (χ2v) is 7.69. The van der Waals surface area contributed by atoms with Crippen LogP contribution in [0.15, 0.2) is 18.2 Å². The fourth-order valence-electron chi connectivity index (χ4n) is 3.86. The number of aryl methyl sites for hydroxylation is 1. The van der Waals surface area contributed by atoms with Crippen LogP contribution in [0.3, 0.4) is 0 Å². The molecule has 2 amide bonds. The third kappa shape index (κ3) is 3.46. The molecule has 0 radical (unpaired) electrons. The van der Waals surface area contributed by atoms with E-state index in [1.165, 1.54) is 0 Å². The van der Waals surface area contributed by atoms with Gasteiger partial charge in [-0.1, -0.05) is 17.7 Å². The molecule has 1 fully saturated rings. The number of benzene rings is 1. The number of nitrogens with zero attached hydrogens (tertiary/aromatic N) is 3. The molecule has 7 heteroatoms. The largest absolute Gasteiger partial charge is 0.336 e. The van der Waals surface area contributed by atoms with E-state index in [0.717, 1.165) is 63.0 Å². The minimum absolute atomic E-state index is 0.0614. The van der Waals surface area contributed by atoms with Crippen LogP contribution in [0.5, 0.6) is 0 Å². The van der Waals surface area contributed by atoms with Crippen LogP contribution < -0.4 is 5.32 Å². The lowest BCUT2D eigenvalue weighted by Gasteiger charge is -2.19. The molecule has 3 heterocycles. The summed E-state index contributed by atoms with van der Waals surface area (Å²) >= 11 is 6.06. The molecule has 0 bridgehead atoms. The van der Waals surface area contributed by atoms with E-state index in [-0.39, 0.29) is 11.8 Å². The predicted molar refractivity (Wildman–Crippen MR) is 104 cm³/mol. The van der Waals surface area contributed by atoms with Gasteiger partial charge in [0.15, 0.2) is 11.5 Å². The molecule has 6 nitrogen and oxygen atoms in total. The first kappa shape index (κ1) is 18.0. The molecular weight excluding hydrogens is 364 g/mol. The van der Waals surface area contributed by atoms with Gasteiger partial charge >= 0.3 is 0 Å². The van der Waals surface area contributed by atoms with E-state index in [4.69, 9.17) is 11.6 Å². The smallest absolute Gasteiger partial charge is 0.289 e. The maximum atomic E-state index is 13.0. The van der Waals surface area contributed by atoms with Gasteiger partial charge in [0.2, 0.25) is 0 Å². The average molecular weight is 387 g/mol. The van der Waals surface area contributed by atoms with Crippen molar-refractivity contribution in [3.05, 3.63) is 46.0 Å². The van der Waals surface area contributed by atoms with Crippen LogP contribution >= 0.6 is 11.6 Å². The van der Waals surface area contributed by atoms with Crippen LogP contribution in [0.1, 0.15) is 58.0 Å². The lowest BCUT2D eigenvalue weighted by Crippen LogP contribution is -2.31. The molecule has 2 aliphatic rings. The summed E-state index contributed by atoms with van der Waals surface area (Å²) in [5.74, 6) is 0.0553. The van der Waals surface area contributed by atoms with Crippen LogP contribution in [-0.2, 0) is 13.0 Å². The van der Waals surface area contributed by atoms with Crippen molar-refractivity contribution >= 4 is 29.1 Å². The number of hydrogen-bond acceptors (Lipinski definition) is 3. The molecular formula is C20H23ClN4O2. The van der Waals surface area contributed by atoms with Crippen molar-refractivity contribution in [3.8, 4) is 0 Å². The van der Waals surface area contributed by atoms with Gasteiger partial charge in [-0.25, -0.2) is 4.98 Å². The van der Waals surface area contributed by atoms with Gasteiger partial charge in [0.05, 0.1) is 5.69 Å². The van der Waals surface area contributed by atoms with Crippen molar-refractivity contribution in [2.75, 3.05) is 18.4 Å². The number of halogens is 1. The molecule has 0 atom stereocenters. The molecule has 0 unspecified atom stereocenters. The third-order valence-electron chi connectivity index (χ3n) is 5.37. The van der Waals surface area contributed by atoms with Gasteiger partial charge in [-0.05, 0) is 56.7 Å². The van der Waals surface area contributed by atoms with E-state index in [9.17, 15) is 9.59 Å². The third-order valence-corrected chi connectivity index (χ3v) is 5.60. The fourth-order valence-corrected chi connectivity index (χ4v) is 4.03. The number of aromatic nitrogens is 2. The maximum absolute atomic E-state index is 13.0. The normalized spacial score (nSPS) is 16.3. The molecule has 1 saturated heterocycles. The van der Waals surface area contributed by atoms with E-state index < -0.39 is 0 Å². The van der Waals surface area contributed by atoms with Crippen LogP contribution in [0.25, 0.3) is 0 Å². The predicted octanol–water partition coefficient (Wildman–Crippen LogP) is 3.67. The molecule has 1 aromatic carbocycles. The van der Waals surface area contributed by atoms with Gasteiger partial charge in [0, 0.05) is 30.3 Å². The van der Waals surface area contributed by atoms with Gasteiger partial charge in [0.1, 0.15) is 0 Å². The molecule has 0 saturated carbocycles. The Morgan fingerprint density at radius 2 is 1.85 bits per heavy atom. The summed E-state index contributed by atoms with van der Waals surface area (Å²) in [7, 11) is 0. The topological polar surface area (TPSA) is 67.2 Å². The van der Waals surface area contributed by atoms with Crippen LogP contribution in [-0.4, -0.2) is 39.4 Å². The lowest BCUT2D eigenvalue weighted by atomic mass is 10.1. The van der Waals surface area contributed by atoms with Gasteiger partial charge < -0.3 is 14.8 Å².